The van der Waals surface area contributed by atoms with E-state index in [0.717, 1.165) is 45.2 Å². The van der Waals surface area contributed by atoms with E-state index in [2.05, 4.69) is 149 Å². The number of anilines is 3. The molecule has 0 aliphatic carbocycles. The van der Waals surface area contributed by atoms with Gasteiger partial charge in [0.25, 0.3) is 0 Å². The van der Waals surface area contributed by atoms with E-state index in [9.17, 15) is 0 Å². The van der Waals surface area contributed by atoms with Crippen LogP contribution in [0.3, 0.4) is 0 Å². The number of hydrogen-bond acceptors (Lipinski definition) is 2. The standard InChI is InChI=1S/C35H23N3/c1-2-11-29(12-3-1)37-31-14-6-7-15-32(31)38-34-30(13-8-16-33(34)37)36-35(38)26-20-17-25(18-21-26)28-22-19-24-9-4-5-10-27(24)23-28/h1-23H. The van der Waals surface area contributed by atoms with E-state index in [1.54, 1.807) is 0 Å². The van der Waals surface area contributed by atoms with Crippen LogP contribution in [0.2, 0.25) is 0 Å². The Morgan fingerprint density at radius 2 is 1.11 bits per heavy atom. The second kappa shape index (κ2) is 8.19. The molecule has 0 saturated carbocycles. The van der Waals surface area contributed by atoms with Crippen molar-refractivity contribution in [3.8, 4) is 28.2 Å². The number of rotatable bonds is 3. The van der Waals surface area contributed by atoms with Gasteiger partial charge in [-0.3, -0.25) is 4.57 Å². The molecule has 7 aromatic rings. The molecule has 0 radical (unpaired) electrons. The molecule has 6 aromatic carbocycles. The molecule has 0 bridgehead atoms. The van der Waals surface area contributed by atoms with Gasteiger partial charge >= 0.3 is 0 Å². The largest absolute Gasteiger partial charge is 0.306 e. The summed E-state index contributed by atoms with van der Waals surface area (Å²) in [6.45, 7) is 0. The van der Waals surface area contributed by atoms with Crippen molar-refractivity contribution >= 4 is 38.9 Å². The molecule has 0 atom stereocenters. The van der Waals surface area contributed by atoms with Crippen LogP contribution in [0.15, 0.2) is 140 Å². The van der Waals surface area contributed by atoms with E-state index < -0.39 is 0 Å². The van der Waals surface area contributed by atoms with E-state index >= 15 is 0 Å². The summed E-state index contributed by atoms with van der Waals surface area (Å²) in [6.07, 6.45) is 0. The van der Waals surface area contributed by atoms with E-state index in [1.807, 2.05) is 0 Å². The normalized spacial score (nSPS) is 12.2. The third-order valence-corrected chi connectivity index (χ3v) is 7.50. The van der Waals surface area contributed by atoms with E-state index in [1.165, 1.54) is 21.9 Å². The smallest absolute Gasteiger partial charge is 0.145 e. The second-order valence-corrected chi connectivity index (χ2v) is 9.71. The van der Waals surface area contributed by atoms with Gasteiger partial charge in [-0.15, -0.1) is 0 Å². The van der Waals surface area contributed by atoms with Crippen LogP contribution in [0.5, 0.6) is 0 Å². The van der Waals surface area contributed by atoms with Gasteiger partial charge in [-0.25, -0.2) is 4.98 Å². The predicted molar refractivity (Wildman–Crippen MR) is 158 cm³/mol. The highest BCUT2D eigenvalue weighted by atomic mass is 15.2. The topological polar surface area (TPSA) is 21.1 Å². The lowest BCUT2D eigenvalue weighted by Gasteiger charge is -2.32. The molecular weight excluding hydrogens is 462 g/mol. The van der Waals surface area contributed by atoms with Crippen molar-refractivity contribution in [2.75, 3.05) is 4.90 Å². The quantitative estimate of drug-likeness (QED) is 0.249. The minimum atomic E-state index is 0.956. The molecule has 8 rings (SSSR count). The summed E-state index contributed by atoms with van der Waals surface area (Å²) < 4.78 is 2.32. The zero-order valence-electron chi connectivity index (χ0n) is 20.6. The molecule has 0 spiro atoms. The zero-order valence-corrected chi connectivity index (χ0v) is 20.6. The van der Waals surface area contributed by atoms with Gasteiger partial charge in [0.05, 0.1) is 28.1 Å². The Kier molecular flexibility index (Phi) is 4.52. The fourth-order valence-electron chi connectivity index (χ4n) is 5.73. The van der Waals surface area contributed by atoms with Crippen molar-refractivity contribution in [3.05, 3.63) is 140 Å². The molecule has 1 aromatic heterocycles. The molecular formula is C35H23N3. The average Bonchev–Trinajstić information content (AvgIpc) is 3.39. The maximum atomic E-state index is 5.16. The highest BCUT2D eigenvalue weighted by Crippen LogP contribution is 2.48. The fraction of sp³-hybridized carbons (Fsp3) is 0. The Morgan fingerprint density at radius 3 is 1.95 bits per heavy atom. The van der Waals surface area contributed by atoms with Gasteiger partial charge in [-0.1, -0.05) is 97.1 Å². The first-order valence-electron chi connectivity index (χ1n) is 12.9. The van der Waals surface area contributed by atoms with Crippen molar-refractivity contribution in [2.24, 2.45) is 0 Å². The molecule has 1 aliphatic heterocycles. The molecule has 178 valence electrons. The van der Waals surface area contributed by atoms with Crippen molar-refractivity contribution in [1.29, 1.82) is 0 Å². The van der Waals surface area contributed by atoms with Crippen LogP contribution in [-0.2, 0) is 0 Å². The van der Waals surface area contributed by atoms with Crippen molar-refractivity contribution in [3.63, 3.8) is 0 Å². The summed E-state index contributed by atoms with van der Waals surface area (Å²) in [7, 11) is 0. The molecule has 38 heavy (non-hydrogen) atoms. The monoisotopic (exact) mass is 485 g/mol. The van der Waals surface area contributed by atoms with Gasteiger partial charge in [-0.2, -0.15) is 0 Å². The van der Waals surface area contributed by atoms with Crippen LogP contribution in [-0.4, -0.2) is 9.55 Å². The summed E-state index contributed by atoms with van der Waals surface area (Å²) >= 11 is 0. The second-order valence-electron chi connectivity index (χ2n) is 9.71. The minimum Gasteiger partial charge on any atom is -0.306 e. The minimum absolute atomic E-state index is 0.956. The number of hydrogen-bond donors (Lipinski definition) is 0. The number of fused-ring (bicyclic) bond motifs is 3. The van der Waals surface area contributed by atoms with E-state index in [4.69, 9.17) is 4.98 Å². The molecule has 0 saturated heterocycles. The van der Waals surface area contributed by atoms with Crippen LogP contribution >= 0.6 is 0 Å². The number of nitrogens with zero attached hydrogens (tertiary/aromatic N) is 3. The van der Waals surface area contributed by atoms with E-state index in [0.29, 0.717) is 0 Å². The average molecular weight is 486 g/mol. The summed E-state index contributed by atoms with van der Waals surface area (Å²) in [4.78, 5) is 7.50. The lowest BCUT2D eigenvalue weighted by molar-refractivity contribution is 1.06. The fourth-order valence-corrected chi connectivity index (χ4v) is 5.73. The van der Waals surface area contributed by atoms with Gasteiger partial charge in [0.1, 0.15) is 5.82 Å². The lowest BCUT2D eigenvalue weighted by Crippen LogP contribution is -2.18. The van der Waals surface area contributed by atoms with Crippen LogP contribution in [0.25, 0.3) is 50.0 Å². The van der Waals surface area contributed by atoms with Crippen LogP contribution < -0.4 is 4.90 Å². The summed E-state index contributed by atoms with van der Waals surface area (Å²) in [5, 5.41) is 2.51. The Balaban J connectivity index is 1.30. The first kappa shape index (κ1) is 21.0. The highest BCUT2D eigenvalue weighted by Gasteiger charge is 2.28. The third-order valence-electron chi connectivity index (χ3n) is 7.50. The van der Waals surface area contributed by atoms with Crippen molar-refractivity contribution in [2.45, 2.75) is 0 Å². The Morgan fingerprint density at radius 1 is 0.447 bits per heavy atom. The van der Waals surface area contributed by atoms with E-state index in [-0.39, 0.29) is 0 Å². The first-order valence-corrected chi connectivity index (χ1v) is 12.9. The molecule has 3 nitrogen and oxygen atoms in total. The molecule has 0 amide bonds. The lowest BCUT2D eigenvalue weighted by atomic mass is 10.00. The number of para-hydroxylation sites is 4. The summed E-state index contributed by atoms with van der Waals surface area (Å²) in [6, 6.07) is 49.5. The maximum absolute atomic E-state index is 5.16. The molecule has 0 unspecified atom stereocenters. The van der Waals surface area contributed by atoms with Crippen molar-refractivity contribution in [1.82, 2.24) is 9.55 Å². The maximum Gasteiger partial charge on any atom is 0.145 e. The first-order chi connectivity index (χ1) is 18.8. The van der Waals surface area contributed by atoms with Crippen LogP contribution in [0.1, 0.15) is 0 Å². The summed E-state index contributed by atoms with van der Waals surface area (Å²) in [5.74, 6) is 0.956. The number of imidazole rings is 1. The van der Waals surface area contributed by atoms with Crippen LogP contribution in [0, 0.1) is 0 Å². The molecule has 1 aliphatic rings. The third kappa shape index (κ3) is 3.12. The van der Waals surface area contributed by atoms with Gasteiger partial charge in [0.15, 0.2) is 0 Å². The number of aromatic nitrogens is 2. The molecule has 0 fully saturated rings. The predicted octanol–water partition coefficient (Wildman–Crippen LogP) is 9.30. The SMILES string of the molecule is c1ccc(N2c3ccccc3-n3c(-c4ccc(-c5ccc6ccccc6c5)cc4)nc4cccc2c43)cc1. The van der Waals surface area contributed by atoms with Gasteiger partial charge in [-0.05, 0) is 64.4 Å². The van der Waals surface area contributed by atoms with Gasteiger partial charge < -0.3 is 4.90 Å². The molecule has 0 N–H and O–H groups in total. The van der Waals surface area contributed by atoms with Gasteiger partial charge in [0, 0.05) is 11.3 Å². The Labute approximate surface area is 220 Å². The summed E-state index contributed by atoms with van der Waals surface area (Å²) in [5.41, 5.74) is 10.2. The Hall–Kier alpha value is -5.15. The van der Waals surface area contributed by atoms with Gasteiger partial charge in [0.2, 0.25) is 0 Å². The molecule has 2 heterocycles. The van der Waals surface area contributed by atoms with Crippen molar-refractivity contribution < 1.29 is 0 Å². The zero-order chi connectivity index (χ0) is 25.1. The van der Waals surface area contributed by atoms with Crippen LogP contribution in [0.4, 0.5) is 17.1 Å². The molecule has 3 heteroatoms. The Bertz CT molecular complexity index is 1970. The highest BCUT2D eigenvalue weighted by molar-refractivity contribution is 6.03. The number of benzene rings is 6.